The Bertz CT molecular complexity index is 807. The van der Waals surface area contributed by atoms with Crippen LogP contribution in [0.25, 0.3) is 0 Å². The molecule has 2 aromatic carbocycles. The van der Waals surface area contributed by atoms with E-state index in [4.69, 9.17) is 0 Å². The SMILES string of the molecule is O=C(NCc1ccc(OCC(F)(F)F)cc1)c1ccc([N+](=O)[O-])cc1F. The number of ether oxygens (including phenoxy) is 1. The quantitative estimate of drug-likeness (QED) is 0.477. The first-order valence-electron chi connectivity index (χ1n) is 7.16. The van der Waals surface area contributed by atoms with E-state index in [1.54, 1.807) is 0 Å². The van der Waals surface area contributed by atoms with Gasteiger partial charge in [0.2, 0.25) is 0 Å². The molecule has 0 heterocycles. The lowest BCUT2D eigenvalue weighted by Crippen LogP contribution is -2.24. The molecule has 0 fully saturated rings. The summed E-state index contributed by atoms with van der Waals surface area (Å²) in [5.74, 6) is -1.80. The number of carbonyl (C=O) groups is 1. The normalized spacial score (nSPS) is 11.1. The lowest BCUT2D eigenvalue weighted by Gasteiger charge is -2.10. The second-order valence-corrected chi connectivity index (χ2v) is 5.15. The van der Waals surface area contributed by atoms with E-state index in [0.29, 0.717) is 11.6 Å². The van der Waals surface area contributed by atoms with Crippen molar-refractivity contribution < 1.29 is 32.0 Å². The number of carbonyl (C=O) groups excluding carboxylic acids is 1. The standard InChI is InChI=1S/C16H12F4N2O4/c17-14-7-11(22(24)25)3-6-13(14)15(23)21-8-10-1-4-12(5-2-10)26-9-16(18,19)20/h1-7H,8-9H2,(H,21,23). The van der Waals surface area contributed by atoms with Crippen LogP contribution in [0.4, 0.5) is 23.2 Å². The van der Waals surface area contributed by atoms with Gasteiger partial charge in [0.15, 0.2) is 6.61 Å². The van der Waals surface area contributed by atoms with Gasteiger partial charge in [-0.3, -0.25) is 14.9 Å². The summed E-state index contributed by atoms with van der Waals surface area (Å²) in [6, 6.07) is 8.14. The fourth-order valence-electron chi connectivity index (χ4n) is 1.95. The number of halogens is 4. The predicted molar refractivity (Wildman–Crippen MR) is 82.2 cm³/mol. The third kappa shape index (κ3) is 5.43. The van der Waals surface area contributed by atoms with Crippen molar-refractivity contribution in [3.05, 3.63) is 69.5 Å². The number of nitro benzene ring substituents is 1. The molecular weight excluding hydrogens is 360 g/mol. The van der Waals surface area contributed by atoms with Gasteiger partial charge in [0.1, 0.15) is 11.6 Å². The Kier molecular flexibility index (Phi) is 5.75. The largest absolute Gasteiger partial charge is 0.484 e. The first-order valence-corrected chi connectivity index (χ1v) is 7.16. The van der Waals surface area contributed by atoms with Crippen LogP contribution in [0.3, 0.4) is 0 Å². The molecular formula is C16H12F4N2O4. The number of alkyl halides is 3. The van der Waals surface area contributed by atoms with E-state index in [9.17, 15) is 32.5 Å². The van der Waals surface area contributed by atoms with Gasteiger partial charge in [0, 0.05) is 12.6 Å². The lowest BCUT2D eigenvalue weighted by atomic mass is 10.1. The number of hydrogen-bond donors (Lipinski definition) is 1. The summed E-state index contributed by atoms with van der Waals surface area (Å²) in [5, 5.41) is 13.0. The second-order valence-electron chi connectivity index (χ2n) is 5.15. The molecule has 10 heteroatoms. The Hall–Kier alpha value is -3.17. The van der Waals surface area contributed by atoms with Crippen LogP contribution in [0.5, 0.6) is 5.75 Å². The van der Waals surface area contributed by atoms with Crippen molar-refractivity contribution in [3.63, 3.8) is 0 Å². The molecule has 2 aromatic rings. The van der Waals surface area contributed by atoms with Crippen LogP contribution in [0.2, 0.25) is 0 Å². The van der Waals surface area contributed by atoms with Crippen molar-refractivity contribution in [1.82, 2.24) is 5.32 Å². The molecule has 1 amide bonds. The Morgan fingerprint density at radius 1 is 1.15 bits per heavy atom. The number of benzene rings is 2. The minimum absolute atomic E-state index is 0.0128. The molecule has 6 nitrogen and oxygen atoms in total. The van der Waals surface area contributed by atoms with Crippen molar-refractivity contribution in [2.45, 2.75) is 12.7 Å². The van der Waals surface area contributed by atoms with E-state index >= 15 is 0 Å². The Labute approximate surface area is 144 Å². The Morgan fingerprint density at radius 2 is 1.81 bits per heavy atom. The second kappa shape index (κ2) is 7.81. The van der Waals surface area contributed by atoms with Crippen molar-refractivity contribution in [3.8, 4) is 5.75 Å². The van der Waals surface area contributed by atoms with Gasteiger partial charge in [-0.1, -0.05) is 12.1 Å². The minimum Gasteiger partial charge on any atom is -0.484 e. The van der Waals surface area contributed by atoms with Gasteiger partial charge in [-0.15, -0.1) is 0 Å². The summed E-state index contributed by atoms with van der Waals surface area (Å²) in [6.45, 7) is -1.43. The molecule has 0 aliphatic heterocycles. The van der Waals surface area contributed by atoms with E-state index < -0.39 is 35.1 Å². The summed E-state index contributed by atoms with van der Waals surface area (Å²) in [5.41, 5.74) is -0.297. The molecule has 0 saturated carbocycles. The number of nitro groups is 1. The maximum atomic E-state index is 13.7. The molecule has 0 unspecified atom stereocenters. The van der Waals surface area contributed by atoms with Crippen LogP contribution in [-0.4, -0.2) is 23.6 Å². The molecule has 0 atom stereocenters. The van der Waals surface area contributed by atoms with Gasteiger partial charge in [-0.2, -0.15) is 13.2 Å². The summed E-state index contributed by atoms with van der Waals surface area (Å²) in [4.78, 5) is 21.7. The Balaban J connectivity index is 1.94. The fourth-order valence-corrected chi connectivity index (χ4v) is 1.95. The first kappa shape index (κ1) is 19.2. The molecule has 0 radical (unpaired) electrons. The molecule has 0 aromatic heterocycles. The fraction of sp³-hybridized carbons (Fsp3) is 0.188. The van der Waals surface area contributed by atoms with Crippen molar-refractivity contribution in [2.75, 3.05) is 6.61 Å². The number of nitrogens with one attached hydrogen (secondary N) is 1. The van der Waals surface area contributed by atoms with E-state index in [1.807, 2.05) is 0 Å². The van der Waals surface area contributed by atoms with Crippen LogP contribution in [0, 0.1) is 15.9 Å². The smallest absolute Gasteiger partial charge is 0.422 e. The van der Waals surface area contributed by atoms with Gasteiger partial charge in [-0.25, -0.2) is 4.39 Å². The predicted octanol–water partition coefficient (Wildman–Crippen LogP) is 3.61. The van der Waals surface area contributed by atoms with Crippen molar-refractivity contribution in [2.24, 2.45) is 0 Å². The van der Waals surface area contributed by atoms with E-state index in [0.717, 1.165) is 12.1 Å². The molecule has 26 heavy (non-hydrogen) atoms. The van der Waals surface area contributed by atoms with Crippen LogP contribution in [0.15, 0.2) is 42.5 Å². The van der Waals surface area contributed by atoms with E-state index in [2.05, 4.69) is 10.1 Å². The highest BCUT2D eigenvalue weighted by Gasteiger charge is 2.28. The molecule has 0 aliphatic carbocycles. The third-order valence-electron chi connectivity index (χ3n) is 3.19. The summed E-state index contributed by atoms with van der Waals surface area (Å²) >= 11 is 0. The van der Waals surface area contributed by atoms with Crippen LogP contribution in [0.1, 0.15) is 15.9 Å². The van der Waals surface area contributed by atoms with Gasteiger partial charge >= 0.3 is 6.18 Å². The molecule has 0 aliphatic rings. The van der Waals surface area contributed by atoms with Gasteiger partial charge in [0.25, 0.3) is 11.6 Å². The molecule has 0 bridgehead atoms. The summed E-state index contributed by atoms with van der Waals surface area (Å²) in [6.07, 6.45) is -4.44. The molecule has 2 rings (SSSR count). The van der Waals surface area contributed by atoms with Gasteiger partial charge < -0.3 is 10.1 Å². The highest BCUT2D eigenvalue weighted by molar-refractivity contribution is 5.94. The maximum absolute atomic E-state index is 13.7. The van der Waals surface area contributed by atoms with Crippen LogP contribution in [-0.2, 0) is 6.54 Å². The van der Waals surface area contributed by atoms with E-state index in [-0.39, 0.29) is 17.9 Å². The highest BCUT2D eigenvalue weighted by Crippen LogP contribution is 2.19. The number of nitrogens with zero attached hydrogens (tertiary/aromatic N) is 1. The number of rotatable bonds is 6. The first-order chi connectivity index (χ1) is 12.2. The summed E-state index contributed by atoms with van der Waals surface area (Å²) < 4.78 is 54.5. The monoisotopic (exact) mass is 372 g/mol. The molecule has 0 spiro atoms. The highest BCUT2D eigenvalue weighted by atomic mass is 19.4. The Morgan fingerprint density at radius 3 is 2.35 bits per heavy atom. The molecule has 1 N–H and O–H groups in total. The zero-order valence-electron chi connectivity index (χ0n) is 13.0. The average Bonchev–Trinajstić information content (AvgIpc) is 2.58. The zero-order chi connectivity index (χ0) is 19.3. The van der Waals surface area contributed by atoms with Crippen LogP contribution >= 0.6 is 0 Å². The van der Waals surface area contributed by atoms with Crippen LogP contribution < -0.4 is 10.1 Å². The minimum atomic E-state index is -4.44. The number of hydrogen-bond acceptors (Lipinski definition) is 4. The topological polar surface area (TPSA) is 81.5 Å². The number of non-ortho nitro benzene ring substituents is 1. The number of amides is 1. The third-order valence-corrected chi connectivity index (χ3v) is 3.19. The van der Waals surface area contributed by atoms with Crippen molar-refractivity contribution in [1.29, 1.82) is 0 Å². The van der Waals surface area contributed by atoms with Crippen molar-refractivity contribution >= 4 is 11.6 Å². The van der Waals surface area contributed by atoms with E-state index in [1.165, 1.54) is 24.3 Å². The molecule has 0 saturated heterocycles. The zero-order valence-corrected chi connectivity index (χ0v) is 13.0. The lowest BCUT2D eigenvalue weighted by molar-refractivity contribution is -0.385. The molecule has 138 valence electrons. The van der Waals surface area contributed by atoms with Gasteiger partial charge in [-0.05, 0) is 23.8 Å². The maximum Gasteiger partial charge on any atom is 0.422 e. The summed E-state index contributed by atoms with van der Waals surface area (Å²) in [7, 11) is 0. The van der Waals surface area contributed by atoms with Gasteiger partial charge in [0.05, 0.1) is 16.6 Å². The average molecular weight is 372 g/mol.